The van der Waals surface area contributed by atoms with Crippen LogP contribution in [0.3, 0.4) is 0 Å². The molecule has 0 aromatic heterocycles. The molecule has 1 aliphatic rings. The van der Waals surface area contributed by atoms with Crippen molar-refractivity contribution in [3.8, 4) is 0 Å². The fourth-order valence-electron chi connectivity index (χ4n) is 2.42. The second kappa shape index (κ2) is 8.30. The second-order valence-electron chi connectivity index (χ2n) is 5.77. The third-order valence-electron chi connectivity index (χ3n) is 3.57. The first-order chi connectivity index (χ1) is 11.4. The van der Waals surface area contributed by atoms with Gasteiger partial charge >= 0.3 is 5.97 Å². The largest absolute Gasteiger partial charge is 0.478 e. The summed E-state index contributed by atoms with van der Waals surface area (Å²) in [6.45, 7) is 4.69. The summed E-state index contributed by atoms with van der Waals surface area (Å²) in [5, 5.41) is 8.64. The smallest absolute Gasteiger partial charge is 0.336 e. The quantitative estimate of drug-likeness (QED) is 0.572. The number of imide groups is 1. The van der Waals surface area contributed by atoms with Crippen LogP contribution >= 0.6 is 11.8 Å². The first-order valence-electron chi connectivity index (χ1n) is 7.85. The lowest BCUT2D eigenvalue weighted by Crippen LogP contribution is -2.33. The first-order valence-corrected chi connectivity index (χ1v) is 8.73. The molecule has 2 rings (SSSR count). The predicted molar refractivity (Wildman–Crippen MR) is 90.1 cm³/mol. The molecule has 1 saturated heterocycles. The summed E-state index contributed by atoms with van der Waals surface area (Å²) in [7, 11) is 0. The molecule has 1 atom stereocenters. The van der Waals surface area contributed by atoms with Crippen molar-refractivity contribution in [3.05, 3.63) is 29.8 Å². The fraction of sp³-hybridized carbons (Fsp3) is 0.471. The molecule has 0 radical (unpaired) electrons. The number of carbonyl (C=O) groups is 3. The van der Waals surface area contributed by atoms with Crippen LogP contribution in [0.25, 0.3) is 0 Å². The highest BCUT2D eigenvalue weighted by atomic mass is 32.2. The minimum atomic E-state index is -1.04. The maximum absolute atomic E-state index is 12.4. The van der Waals surface area contributed by atoms with Crippen molar-refractivity contribution < 1.29 is 24.2 Å². The molecular formula is C17H21NO5S. The van der Waals surface area contributed by atoms with E-state index in [0.717, 1.165) is 11.8 Å². The van der Waals surface area contributed by atoms with Crippen molar-refractivity contribution in [2.75, 3.05) is 13.2 Å². The molecular weight excluding hydrogens is 330 g/mol. The third kappa shape index (κ3) is 4.58. The molecule has 1 N–H and O–H groups in total. The molecule has 0 unspecified atom stereocenters. The van der Waals surface area contributed by atoms with Gasteiger partial charge in [-0.05, 0) is 32.4 Å². The van der Waals surface area contributed by atoms with Crippen molar-refractivity contribution in [2.24, 2.45) is 0 Å². The number of carboxylic acid groups (broad SMARTS) is 1. The van der Waals surface area contributed by atoms with Gasteiger partial charge in [0.15, 0.2) is 0 Å². The molecule has 0 spiro atoms. The molecule has 2 amide bonds. The number of thioether (sulfide) groups is 1. The summed E-state index contributed by atoms with van der Waals surface area (Å²) in [6, 6.07) is 6.51. The lowest BCUT2D eigenvalue weighted by molar-refractivity contribution is -0.138. The van der Waals surface area contributed by atoms with Gasteiger partial charge in [0.1, 0.15) is 0 Å². The first kappa shape index (κ1) is 18.5. The SMILES string of the molecule is CC(C)OCCCN1C(=O)C[C@H](Sc2ccccc2C(=O)O)C1=O. The average molecular weight is 351 g/mol. The van der Waals surface area contributed by atoms with Gasteiger partial charge in [0.05, 0.1) is 16.9 Å². The Bertz CT molecular complexity index is 631. The van der Waals surface area contributed by atoms with Crippen molar-refractivity contribution >= 4 is 29.5 Å². The predicted octanol–water partition coefficient (Wildman–Crippen LogP) is 2.42. The second-order valence-corrected chi connectivity index (χ2v) is 7.01. The Morgan fingerprint density at radius 2 is 2.08 bits per heavy atom. The number of ether oxygens (including phenoxy) is 1. The molecule has 1 fully saturated rings. The van der Waals surface area contributed by atoms with Crippen LogP contribution in [0.5, 0.6) is 0 Å². The number of hydrogen-bond donors (Lipinski definition) is 1. The standard InChI is InChI=1S/C17H21NO5S/c1-11(2)23-9-5-8-18-15(19)10-14(16(18)20)24-13-7-4-3-6-12(13)17(21)22/h3-4,6-7,11,14H,5,8-10H2,1-2H3,(H,21,22)/t14-/m0/s1. The molecule has 0 aliphatic carbocycles. The number of likely N-dealkylation sites (tertiary alicyclic amines) is 1. The normalized spacial score (nSPS) is 17.8. The van der Waals surface area contributed by atoms with Crippen molar-refractivity contribution in [1.29, 1.82) is 0 Å². The molecule has 24 heavy (non-hydrogen) atoms. The van der Waals surface area contributed by atoms with Crippen LogP contribution in [0, 0.1) is 0 Å². The van der Waals surface area contributed by atoms with Crippen molar-refractivity contribution in [3.63, 3.8) is 0 Å². The van der Waals surface area contributed by atoms with Crippen LogP contribution < -0.4 is 0 Å². The van der Waals surface area contributed by atoms with E-state index in [1.54, 1.807) is 18.2 Å². The molecule has 1 heterocycles. The van der Waals surface area contributed by atoms with Gasteiger partial charge in [0, 0.05) is 24.5 Å². The molecule has 1 aliphatic heterocycles. The Hall–Kier alpha value is -1.86. The molecule has 0 saturated carbocycles. The molecule has 6 nitrogen and oxygen atoms in total. The molecule has 130 valence electrons. The Morgan fingerprint density at radius 3 is 2.75 bits per heavy atom. The Morgan fingerprint density at radius 1 is 1.38 bits per heavy atom. The van der Waals surface area contributed by atoms with Gasteiger partial charge in [-0.3, -0.25) is 14.5 Å². The van der Waals surface area contributed by atoms with Gasteiger partial charge < -0.3 is 9.84 Å². The summed E-state index contributed by atoms with van der Waals surface area (Å²) < 4.78 is 5.42. The molecule has 1 aromatic rings. The maximum atomic E-state index is 12.4. The van der Waals surface area contributed by atoms with E-state index in [9.17, 15) is 19.5 Å². The Balaban J connectivity index is 1.98. The summed E-state index contributed by atoms with van der Waals surface area (Å²) in [5.41, 5.74) is 0.145. The topological polar surface area (TPSA) is 83.9 Å². The summed E-state index contributed by atoms with van der Waals surface area (Å²) in [5.74, 6) is -1.51. The highest BCUT2D eigenvalue weighted by molar-refractivity contribution is 8.00. The van der Waals surface area contributed by atoms with Crippen LogP contribution in [0.1, 0.15) is 37.0 Å². The van der Waals surface area contributed by atoms with Gasteiger partial charge in [-0.25, -0.2) is 4.79 Å². The van der Waals surface area contributed by atoms with Gasteiger partial charge in [-0.1, -0.05) is 12.1 Å². The van der Waals surface area contributed by atoms with E-state index in [4.69, 9.17) is 4.74 Å². The van der Waals surface area contributed by atoms with E-state index in [1.165, 1.54) is 11.0 Å². The minimum Gasteiger partial charge on any atom is -0.478 e. The van der Waals surface area contributed by atoms with E-state index in [1.807, 2.05) is 13.8 Å². The van der Waals surface area contributed by atoms with Crippen LogP contribution in [-0.2, 0) is 14.3 Å². The number of carbonyl (C=O) groups excluding carboxylic acids is 2. The summed E-state index contributed by atoms with van der Waals surface area (Å²) >= 11 is 1.14. The zero-order valence-electron chi connectivity index (χ0n) is 13.7. The van der Waals surface area contributed by atoms with Crippen molar-refractivity contribution in [1.82, 2.24) is 4.90 Å². The lowest BCUT2D eigenvalue weighted by atomic mass is 10.2. The van der Waals surface area contributed by atoms with Crippen LogP contribution in [0.15, 0.2) is 29.2 Å². The Labute approximate surface area is 145 Å². The monoisotopic (exact) mass is 351 g/mol. The number of nitrogens with zero attached hydrogens (tertiary/aromatic N) is 1. The number of rotatable bonds is 8. The third-order valence-corrected chi connectivity index (χ3v) is 4.83. The van der Waals surface area contributed by atoms with E-state index in [-0.39, 0.29) is 29.9 Å². The number of carboxylic acids is 1. The van der Waals surface area contributed by atoms with Crippen LogP contribution in [0.2, 0.25) is 0 Å². The molecule has 0 bridgehead atoms. The number of amides is 2. The highest BCUT2D eigenvalue weighted by Gasteiger charge is 2.39. The maximum Gasteiger partial charge on any atom is 0.336 e. The zero-order chi connectivity index (χ0) is 17.7. The summed E-state index contributed by atoms with van der Waals surface area (Å²) in [4.78, 5) is 37.5. The fourth-order valence-corrected chi connectivity index (χ4v) is 3.62. The summed E-state index contributed by atoms with van der Waals surface area (Å²) in [6.07, 6.45) is 0.812. The minimum absolute atomic E-state index is 0.0997. The highest BCUT2D eigenvalue weighted by Crippen LogP contribution is 2.33. The van der Waals surface area contributed by atoms with E-state index in [2.05, 4.69) is 0 Å². The van der Waals surface area contributed by atoms with Gasteiger partial charge in [0.25, 0.3) is 0 Å². The van der Waals surface area contributed by atoms with E-state index < -0.39 is 11.2 Å². The Kier molecular flexibility index (Phi) is 6.39. The molecule has 1 aromatic carbocycles. The van der Waals surface area contributed by atoms with Gasteiger partial charge in [-0.15, -0.1) is 11.8 Å². The zero-order valence-corrected chi connectivity index (χ0v) is 14.5. The molecule has 7 heteroatoms. The van der Waals surface area contributed by atoms with Gasteiger partial charge in [-0.2, -0.15) is 0 Å². The lowest BCUT2D eigenvalue weighted by Gasteiger charge is -2.15. The van der Waals surface area contributed by atoms with Crippen LogP contribution in [0.4, 0.5) is 0 Å². The van der Waals surface area contributed by atoms with Gasteiger partial charge in [0.2, 0.25) is 11.8 Å². The van der Waals surface area contributed by atoms with Crippen molar-refractivity contribution in [2.45, 2.75) is 42.9 Å². The van der Waals surface area contributed by atoms with E-state index >= 15 is 0 Å². The van der Waals surface area contributed by atoms with Crippen LogP contribution in [-0.4, -0.2) is 52.3 Å². The average Bonchev–Trinajstić information content (AvgIpc) is 2.78. The number of hydrogen-bond acceptors (Lipinski definition) is 5. The number of benzene rings is 1. The number of aromatic carboxylic acids is 1. The van der Waals surface area contributed by atoms with E-state index in [0.29, 0.717) is 24.5 Å².